The predicted octanol–water partition coefficient (Wildman–Crippen LogP) is 1.50. The molecule has 1 saturated heterocycles. The van der Waals surface area contributed by atoms with E-state index in [1.54, 1.807) is 6.92 Å². The molecule has 1 aromatic heterocycles. The summed E-state index contributed by atoms with van der Waals surface area (Å²) in [6, 6.07) is 0.272. The summed E-state index contributed by atoms with van der Waals surface area (Å²) >= 11 is 0. The van der Waals surface area contributed by atoms with Gasteiger partial charge in [0, 0.05) is 50.9 Å². The number of aromatic nitrogens is 2. The third kappa shape index (κ3) is 3.60. The van der Waals surface area contributed by atoms with Crippen molar-refractivity contribution in [1.82, 2.24) is 20.0 Å². The van der Waals surface area contributed by atoms with Gasteiger partial charge in [0.25, 0.3) is 0 Å². The molecular weight excluding hydrogens is 252 g/mol. The van der Waals surface area contributed by atoms with Gasteiger partial charge >= 0.3 is 0 Å². The topological polar surface area (TPSA) is 50.2 Å². The summed E-state index contributed by atoms with van der Waals surface area (Å²) in [6.07, 6.45) is 4.05. The van der Waals surface area contributed by atoms with Gasteiger partial charge in [-0.15, -0.1) is 0 Å². The molecule has 1 N–H and O–H groups in total. The van der Waals surface area contributed by atoms with Crippen LogP contribution in [-0.2, 0) is 17.9 Å². The molecule has 0 radical (unpaired) electrons. The van der Waals surface area contributed by atoms with E-state index in [1.165, 1.54) is 5.56 Å². The third-order valence-corrected chi connectivity index (χ3v) is 4.10. The van der Waals surface area contributed by atoms with E-state index in [0.717, 1.165) is 26.2 Å². The monoisotopic (exact) mass is 278 g/mol. The second-order valence-electron chi connectivity index (χ2n) is 6.11. The standard InChI is InChI=1S/C15H26N4O/c1-5-19-8-13(6-16-19)7-18-9-14(11(2)3)15(10-18)17-12(4)20/h6,8,11,14-15H,5,7,9-10H2,1-4H3,(H,17,20)/t14-,15+/m0/s1. The quantitative estimate of drug-likeness (QED) is 0.888. The van der Waals surface area contributed by atoms with Crippen LogP contribution in [0.3, 0.4) is 0 Å². The van der Waals surface area contributed by atoms with Crippen molar-refractivity contribution >= 4 is 5.91 Å². The van der Waals surface area contributed by atoms with Crippen molar-refractivity contribution in [2.24, 2.45) is 11.8 Å². The summed E-state index contributed by atoms with van der Waals surface area (Å²) in [5, 5.41) is 7.42. The molecule has 5 heteroatoms. The third-order valence-electron chi connectivity index (χ3n) is 4.10. The summed E-state index contributed by atoms with van der Waals surface area (Å²) < 4.78 is 1.95. The smallest absolute Gasteiger partial charge is 0.217 e. The van der Waals surface area contributed by atoms with Crippen molar-refractivity contribution < 1.29 is 4.79 Å². The number of carbonyl (C=O) groups is 1. The van der Waals surface area contributed by atoms with E-state index in [0.29, 0.717) is 11.8 Å². The number of nitrogens with zero attached hydrogens (tertiary/aromatic N) is 3. The van der Waals surface area contributed by atoms with Gasteiger partial charge < -0.3 is 5.32 Å². The van der Waals surface area contributed by atoms with Gasteiger partial charge in [0.15, 0.2) is 0 Å². The zero-order valence-corrected chi connectivity index (χ0v) is 13.0. The zero-order chi connectivity index (χ0) is 14.7. The Morgan fingerprint density at radius 2 is 2.25 bits per heavy atom. The summed E-state index contributed by atoms with van der Waals surface area (Å²) in [5.41, 5.74) is 1.25. The normalized spacial score (nSPS) is 23.4. The van der Waals surface area contributed by atoms with Gasteiger partial charge in [0.2, 0.25) is 5.91 Å². The summed E-state index contributed by atoms with van der Waals surface area (Å²) in [5.74, 6) is 1.18. The van der Waals surface area contributed by atoms with Crippen molar-refractivity contribution in [1.29, 1.82) is 0 Å². The minimum absolute atomic E-state index is 0.0707. The Hall–Kier alpha value is -1.36. The molecular formula is C15H26N4O. The predicted molar refractivity (Wildman–Crippen MR) is 79.1 cm³/mol. The molecule has 0 aliphatic carbocycles. The number of amides is 1. The lowest BCUT2D eigenvalue weighted by Crippen LogP contribution is -2.40. The molecule has 2 heterocycles. The van der Waals surface area contributed by atoms with Crippen LogP contribution in [0.1, 0.15) is 33.3 Å². The summed E-state index contributed by atoms with van der Waals surface area (Å²) in [6.45, 7) is 12.0. The van der Waals surface area contributed by atoms with Gasteiger partial charge in [0.05, 0.1) is 6.20 Å². The SMILES string of the molecule is CCn1cc(CN2C[C@@H](NC(C)=O)[C@H](C(C)C)C2)cn1. The molecule has 2 atom stereocenters. The van der Waals surface area contributed by atoms with Gasteiger partial charge in [0.1, 0.15) is 0 Å². The molecule has 1 aliphatic rings. The van der Waals surface area contributed by atoms with Crippen molar-refractivity contribution in [3.8, 4) is 0 Å². The van der Waals surface area contributed by atoms with Crippen molar-refractivity contribution in [3.63, 3.8) is 0 Å². The highest BCUT2D eigenvalue weighted by Gasteiger charge is 2.34. The molecule has 20 heavy (non-hydrogen) atoms. The first-order valence-corrected chi connectivity index (χ1v) is 7.50. The molecule has 1 aliphatic heterocycles. The Morgan fingerprint density at radius 1 is 1.50 bits per heavy atom. The Balaban J connectivity index is 1.98. The second kappa shape index (κ2) is 6.39. The second-order valence-corrected chi connectivity index (χ2v) is 6.11. The minimum atomic E-state index is 0.0707. The minimum Gasteiger partial charge on any atom is -0.352 e. The fourth-order valence-electron chi connectivity index (χ4n) is 3.05. The Kier molecular flexibility index (Phi) is 4.81. The maximum atomic E-state index is 11.3. The average molecular weight is 278 g/mol. The van der Waals surface area contributed by atoms with Crippen LogP contribution in [0.15, 0.2) is 12.4 Å². The molecule has 0 unspecified atom stereocenters. The largest absolute Gasteiger partial charge is 0.352 e. The molecule has 0 bridgehead atoms. The van der Waals surface area contributed by atoms with Crippen LogP contribution in [0.5, 0.6) is 0 Å². The fraction of sp³-hybridized carbons (Fsp3) is 0.733. The lowest BCUT2D eigenvalue weighted by molar-refractivity contribution is -0.119. The summed E-state index contributed by atoms with van der Waals surface area (Å²) in [4.78, 5) is 13.8. The maximum absolute atomic E-state index is 11.3. The number of carbonyl (C=O) groups excluding carboxylic acids is 1. The number of rotatable bonds is 5. The van der Waals surface area contributed by atoms with Crippen molar-refractivity contribution in [2.45, 2.75) is 46.8 Å². The van der Waals surface area contributed by atoms with Gasteiger partial charge in [-0.05, 0) is 18.8 Å². The maximum Gasteiger partial charge on any atom is 0.217 e. The molecule has 1 aromatic rings. The first kappa shape index (κ1) is 15.0. The molecule has 1 fully saturated rings. The number of nitrogens with one attached hydrogen (secondary N) is 1. The highest BCUT2D eigenvalue weighted by atomic mass is 16.1. The molecule has 2 rings (SSSR count). The number of likely N-dealkylation sites (tertiary alicyclic amines) is 1. The first-order valence-electron chi connectivity index (χ1n) is 7.50. The van der Waals surface area contributed by atoms with Crippen molar-refractivity contribution in [2.75, 3.05) is 13.1 Å². The molecule has 1 amide bonds. The number of hydrogen-bond donors (Lipinski definition) is 1. The lowest BCUT2D eigenvalue weighted by atomic mass is 9.91. The van der Waals surface area contributed by atoms with E-state index in [1.807, 2.05) is 10.9 Å². The van der Waals surface area contributed by atoms with E-state index >= 15 is 0 Å². The summed E-state index contributed by atoms with van der Waals surface area (Å²) in [7, 11) is 0. The Morgan fingerprint density at radius 3 is 2.80 bits per heavy atom. The average Bonchev–Trinajstić information content (AvgIpc) is 2.96. The van der Waals surface area contributed by atoms with E-state index in [9.17, 15) is 4.79 Å². The highest BCUT2D eigenvalue weighted by molar-refractivity contribution is 5.73. The number of hydrogen-bond acceptors (Lipinski definition) is 3. The fourth-order valence-corrected chi connectivity index (χ4v) is 3.05. The van der Waals surface area contributed by atoms with Crippen LogP contribution in [0, 0.1) is 11.8 Å². The zero-order valence-electron chi connectivity index (χ0n) is 13.0. The highest BCUT2D eigenvalue weighted by Crippen LogP contribution is 2.25. The molecule has 0 aromatic carbocycles. The van der Waals surface area contributed by atoms with Gasteiger partial charge in [-0.2, -0.15) is 5.10 Å². The van der Waals surface area contributed by atoms with E-state index in [4.69, 9.17) is 0 Å². The van der Waals surface area contributed by atoms with Crippen LogP contribution >= 0.6 is 0 Å². The Labute approximate surface area is 121 Å². The molecule has 5 nitrogen and oxygen atoms in total. The lowest BCUT2D eigenvalue weighted by Gasteiger charge is -2.22. The molecule has 0 spiro atoms. The van der Waals surface area contributed by atoms with E-state index in [2.05, 4.69) is 42.3 Å². The number of aryl methyl sites for hydroxylation is 1. The first-order chi connectivity index (χ1) is 9.49. The van der Waals surface area contributed by atoms with Crippen LogP contribution in [0.25, 0.3) is 0 Å². The Bertz CT molecular complexity index is 454. The van der Waals surface area contributed by atoms with Crippen LogP contribution in [-0.4, -0.2) is 39.7 Å². The van der Waals surface area contributed by atoms with Crippen LogP contribution in [0.2, 0.25) is 0 Å². The van der Waals surface area contributed by atoms with Crippen LogP contribution in [0.4, 0.5) is 0 Å². The molecule has 0 saturated carbocycles. The van der Waals surface area contributed by atoms with E-state index < -0.39 is 0 Å². The van der Waals surface area contributed by atoms with Gasteiger partial charge in [-0.1, -0.05) is 13.8 Å². The van der Waals surface area contributed by atoms with Crippen molar-refractivity contribution in [3.05, 3.63) is 18.0 Å². The van der Waals surface area contributed by atoms with Gasteiger partial charge in [-0.3, -0.25) is 14.4 Å². The van der Waals surface area contributed by atoms with E-state index in [-0.39, 0.29) is 11.9 Å². The van der Waals surface area contributed by atoms with Gasteiger partial charge in [-0.25, -0.2) is 0 Å². The van der Waals surface area contributed by atoms with Crippen LogP contribution < -0.4 is 5.32 Å². The molecule has 112 valence electrons.